The van der Waals surface area contributed by atoms with Gasteiger partial charge in [-0.2, -0.15) is 9.15 Å². The molecule has 1 N–H and O–H groups in total. The summed E-state index contributed by atoms with van der Waals surface area (Å²) in [6.45, 7) is 32.8. The Hall–Kier alpha value is -9.75. The zero-order valence-electron chi connectivity index (χ0n) is 59.0. The summed E-state index contributed by atoms with van der Waals surface area (Å²) in [5.41, 5.74) is 26.3. The van der Waals surface area contributed by atoms with Gasteiger partial charge in [-0.3, -0.25) is 0 Å². The van der Waals surface area contributed by atoms with E-state index in [4.69, 9.17) is 0 Å². The molecule has 0 unspecified atom stereocenters. The third kappa shape index (κ3) is 9.62. The molecule has 5 nitrogen and oxygen atoms in total. The molecule has 0 aromatic heterocycles. The van der Waals surface area contributed by atoms with Crippen molar-refractivity contribution in [2.45, 2.75) is 105 Å². The van der Waals surface area contributed by atoms with Crippen LogP contribution < -0.4 is 15.1 Å². The minimum Gasteiger partial charge on any atom is -0.383 e. The van der Waals surface area contributed by atoms with Crippen molar-refractivity contribution >= 4 is 111 Å². The van der Waals surface area contributed by atoms with E-state index in [9.17, 15) is 0 Å². The number of hydrogen-bond donors (Lipinski definition) is 1. The highest BCUT2D eigenvalue weighted by Gasteiger charge is 2.48. The maximum Gasteiger partial charge on any atom is 0.210 e. The Bertz CT molecular complexity index is 5050. The van der Waals surface area contributed by atoms with Crippen molar-refractivity contribution in [3.8, 4) is 0 Å². The summed E-state index contributed by atoms with van der Waals surface area (Å²) < 4.78 is 5.11. The highest BCUT2D eigenvalue weighted by molar-refractivity contribution is 8.03. The molecule has 0 radical (unpaired) electrons. The maximum absolute atomic E-state index is 4.26. The number of benzene rings is 10. The lowest BCUT2D eigenvalue weighted by atomic mass is 9.79. The predicted octanol–water partition coefficient (Wildman–Crippen LogP) is 22.2. The van der Waals surface area contributed by atoms with Crippen molar-refractivity contribution < 1.29 is 9.15 Å². The molecule has 0 saturated carbocycles. The topological polar surface area (TPSA) is 24.5 Å². The largest absolute Gasteiger partial charge is 0.383 e. The molecule has 10 aromatic carbocycles. The fourth-order valence-electron chi connectivity index (χ4n) is 18.2. The lowest BCUT2D eigenvalue weighted by Crippen LogP contribution is -2.27. The quantitative estimate of drug-likeness (QED) is 0.0817. The molecule has 6 aliphatic rings. The molecular formula is C92H89N5S+2. The van der Waals surface area contributed by atoms with Crippen LogP contribution >= 0.6 is 11.8 Å². The van der Waals surface area contributed by atoms with Gasteiger partial charge in [0.05, 0.1) is 10.8 Å². The molecule has 6 heteroatoms. The van der Waals surface area contributed by atoms with Crippen LogP contribution in [0.4, 0.5) is 22.7 Å². The smallest absolute Gasteiger partial charge is 0.210 e. The zero-order valence-corrected chi connectivity index (χ0v) is 59.9. The predicted molar refractivity (Wildman–Crippen MR) is 422 cm³/mol. The molecule has 0 amide bonds. The van der Waals surface area contributed by atoms with E-state index in [1.54, 1.807) is 0 Å². The second kappa shape index (κ2) is 24.1. The van der Waals surface area contributed by atoms with E-state index in [1.807, 2.05) is 11.8 Å². The summed E-state index contributed by atoms with van der Waals surface area (Å²) in [6.07, 6.45) is 19.7. The van der Waals surface area contributed by atoms with E-state index >= 15 is 0 Å². The van der Waals surface area contributed by atoms with E-state index in [-0.39, 0.29) is 21.7 Å². The first-order valence-electron chi connectivity index (χ1n) is 35.7. The minimum absolute atomic E-state index is 0.238. The summed E-state index contributed by atoms with van der Waals surface area (Å²) >= 11 is 1.99. The lowest BCUT2D eigenvalue weighted by Gasteiger charge is -2.26. The molecule has 0 spiro atoms. The van der Waals surface area contributed by atoms with Crippen LogP contribution in [0, 0.1) is 0 Å². The zero-order chi connectivity index (χ0) is 67.6. The Morgan fingerprint density at radius 3 is 1.20 bits per heavy atom. The van der Waals surface area contributed by atoms with Gasteiger partial charge in [0, 0.05) is 116 Å². The van der Waals surface area contributed by atoms with Crippen LogP contribution in [0.5, 0.6) is 0 Å². The first-order valence-corrected chi connectivity index (χ1v) is 36.7. The molecule has 0 fully saturated rings. The Morgan fingerprint density at radius 1 is 0.378 bits per heavy atom. The van der Waals surface area contributed by atoms with Gasteiger partial charge in [-0.15, -0.1) is 11.8 Å². The molecule has 0 bridgehead atoms. The number of thioether (sulfide) groups is 1. The molecule has 0 atom stereocenters. The number of anilines is 2. The van der Waals surface area contributed by atoms with Crippen molar-refractivity contribution in [1.29, 1.82) is 0 Å². The van der Waals surface area contributed by atoms with Crippen LogP contribution in [0.2, 0.25) is 0 Å². The van der Waals surface area contributed by atoms with Crippen molar-refractivity contribution in [2.24, 2.45) is 0 Å². The first kappa shape index (κ1) is 63.0. The first-order chi connectivity index (χ1) is 47.5. The van der Waals surface area contributed by atoms with Gasteiger partial charge in [0.2, 0.25) is 11.4 Å². The monoisotopic (exact) mass is 1300 g/mol. The number of nitrogens with one attached hydrogen (secondary N) is 1. The molecule has 98 heavy (non-hydrogen) atoms. The molecule has 0 saturated heterocycles. The van der Waals surface area contributed by atoms with Gasteiger partial charge in [-0.25, -0.2) is 0 Å². The average Bonchev–Trinajstić information content (AvgIpc) is 1.58. The van der Waals surface area contributed by atoms with Crippen LogP contribution in [0.25, 0.3) is 65.4 Å². The van der Waals surface area contributed by atoms with Crippen LogP contribution in [-0.4, -0.2) is 59.1 Å². The number of fused-ring (bicyclic) bond motifs is 14. The fraction of sp³-hybridized carbons (Fsp3) is 0.239. The van der Waals surface area contributed by atoms with Crippen molar-refractivity contribution in [2.75, 3.05) is 48.3 Å². The Kier molecular flexibility index (Phi) is 15.5. The molecular weight excluding hydrogens is 1210 g/mol. The van der Waals surface area contributed by atoms with Crippen LogP contribution in [0.1, 0.15) is 128 Å². The Labute approximate surface area is 584 Å². The molecule has 4 heterocycles. The molecule has 2 aliphatic carbocycles. The van der Waals surface area contributed by atoms with E-state index in [1.165, 1.54) is 160 Å². The third-order valence-electron chi connectivity index (χ3n) is 22.6. The van der Waals surface area contributed by atoms with Gasteiger partial charge in [0.15, 0.2) is 11.4 Å². The lowest BCUT2D eigenvalue weighted by molar-refractivity contribution is -0.433. The fourth-order valence-corrected chi connectivity index (χ4v) is 19.3. The van der Waals surface area contributed by atoms with Crippen LogP contribution in [0.15, 0.2) is 265 Å². The normalized spacial score (nSPS) is 19.4. The SMILES string of the molecule is CCN1/C(=C/C=C2C(NCCSC3=C(/C=C/C4=[N+](CC)c5ccc6ccccc6c5C4(C)C)c4ccccc4/C3=C\C=C3\N(CC)c4ccc5ccccc5c4C3(C)C)=C(/C=C/C3=[N+](CC)c4ccc5ccccc5c4C3(C)C)c3ccccc3/2)C(C)(C)c2c1ccc1ccccc21. The van der Waals surface area contributed by atoms with Gasteiger partial charge in [-0.1, -0.05) is 198 Å². The average molecular weight is 1300 g/mol. The van der Waals surface area contributed by atoms with Crippen molar-refractivity contribution in [3.63, 3.8) is 0 Å². The highest BCUT2D eigenvalue weighted by Crippen LogP contribution is 2.55. The summed E-state index contributed by atoms with van der Waals surface area (Å²) in [5, 5.41) is 14.7. The van der Waals surface area contributed by atoms with E-state index < -0.39 is 0 Å². The number of likely N-dealkylation sites (N-methyl/N-ethyl adjacent to an activating group) is 2. The van der Waals surface area contributed by atoms with Gasteiger partial charge in [0.1, 0.15) is 13.1 Å². The van der Waals surface area contributed by atoms with Gasteiger partial charge < -0.3 is 15.1 Å². The third-order valence-corrected chi connectivity index (χ3v) is 23.7. The van der Waals surface area contributed by atoms with Crippen molar-refractivity contribution in [1.82, 2.24) is 5.32 Å². The Morgan fingerprint density at radius 2 is 0.755 bits per heavy atom. The minimum atomic E-state index is -0.245. The van der Waals surface area contributed by atoms with Gasteiger partial charge >= 0.3 is 0 Å². The molecule has 16 rings (SSSR count). The summed E-state index contributed by atoms with van der Waals surface area (Å²) in [4.78, 5) is 6.41. The van der Waals surface area contributed by atoms with Crippen molar-refractivity contribution in [3.05, 3.63) is 309 Å². The van der Waals surface area contributed by atoms with Gasteiger partial charge in [-0.05, 0) is 192 Å². The Balaban J connectivity index is 0.824. The maximum atomic E-state index is 4.26. The van der Waals surface area contributed by atoms with Crippen LogP contribution in [-0.2, 0) is 21.7 Å². The number of nitrogens with zero attached hydrogens (tertiary/aromatic N) is 4. The van der Waals surface area contributed by atoms with E-state index in [0.717, 1.165) is 44.2 Å². The van der Waals surface area contributed by atoms with E-state index in [2.05, 4.69) is 350 Å². The summed E-state index contributed by atoms with van der Waals surface area (Å²) in [7, 11) is 0. The van der Waals surface area contributed by atoms with Gasteiger partial charge in [0.25, 0.3) is 0 Å². The summed E-state index contributed by atoms with van der Waals surface area (Å²) in [5.74, 6) is 0.819. The molecule has 10 aromatic rings. The second-order valence-corrected chi connectivity index (χ2v) is 30.4. The van der Waals surface area contributed by atoms with Crippen LogP contribution in [0.3, 0.4) is 0 Å². The van der Waals surface area contributed by atoms with E-state index in [0.29, 0.717) is 0 Å². The molecule has 4 aliphatic heterocycles. The summed E-state index contributed by atoms with van der Waals surface area (Å²) in [6, 6.07) is 72.6. The number of hydrogen-bond acceptors (Lipinski definition) is 4. The molecule has 486 valence electrons. The number of rotatable bonds is 15. The second-order valence-electron chi connectivity index (χ2n) is 29.3. The standard InChI is InChI=1S/C92H88N5S/c1-13-94-75-49-41-59-29-17-21-33-63(59)83(75)89(5,6)79(94)53-45-71-67-37-25-26-38-68(67)72(46-54-80-90(7,8)84-64-34-22-18-30-60(64)42-50-76(84)95(80)14-2)87(71)93-57-58-98-88-73(47-55-81-91(9,10)85-65-35-23-19-31-61(65)43-51-77(85)96(81)15-3)69-39-27-28-40-70(69)74(88)48-56-82-92(11,12)86-66-36-24-20-32-62(66)44-52-78(86)97(82)16-4/h17-56H,13-16,57-58H2,1-12H3/q+1/p+1/b71-45+,79-53+. The number of allylic oxidation sites excluding steroid dienone is 14. The highest BCUT2D eigenvalue weighted by atomic mass is 32.2.